The van der Waals surface area contributed by atoms with Crippen LogP contribution in [-0.4, -0.2) is 28.6 Å². The Labute approximate surface area is 176 Å². The lowest BCUT2D eigenvalue weighted by Gasteiger charge is -2.24. The Bertz CT molecular complexity index is 1040. The van der Waals surface area contributed by atoms with Crippen molar-refractivity contribution in [1.82, 2.24) is 9.97 Å². The second-order valence-corrected chi connectivity index (χ2v) is 7.33. The Hall–Kier alpha value is -3.41. The van der Waals surface area contributed by atoms with Crippen molar-refractivity contribution in [2.24, 2.45) is 0 Å². The summed E-state index contributed by atoms with van der Waals surface area (Å²) in [6, 6.07) is 18.3. The van der Waals surface area contributed by atoms with Crippen LogP contribution in [0.2, 0.25) is 0 Å². The number of benzene rings is 2. The lowest BCUT2D eigenvalue weighted by molar-refractivity contribution is 0.0517. The van der Waals surface area contributed by atoms with Gasteiger partial charge in [-0.25, -0.2) is 9.78 Å². The van der Waals surface area contributed by atoms with E-state index in [1.807, 2.05) is 49.4 Å². The molecule has 4 rings (SSSR count). The van der Waals surface area contributed by atoms with E-state index < -0.39 is 5.97 Å². The van der Waals surface area contributed by atoms with Gasteiger partial charge >= 0.3 is 5.97 Å². The van der Waals surface area contributed by atoms with Gasteiger partial charge in [0.05, 0.1) is 12.8 Å². The average Bonchev–Trinajstić information content (AvgIpc) is 3.10. The molecule has 0 radical (unpaired) electrons. The molecule has 2 atom stereocenters. The summed E-state index contributed by atoms with van der Waals surface area (Å²) in [5, 5.41) is 0. The SMILES string of the molecule is CCOC(=O)c1cnc(N2c3ccccc3CC2C)nc1OC(C)c1ccccc1. The number of carbonyl (C=O) groups excluding carboxylic acids is 1. The van der Waals surface area contributed by atoms with E-state index in [9.17, 15) is 4.79 Å². The molecule has 0 fully saturated rings. The van der Waals surface area contributed by atoms with Crippen molar-refractivity contribution in [3.8, 4) is 5.88 Å². The normalized spacial score (nSPS) is 16.1. The van der Waals surface area contributed by atoms with E-state index in [0.29, 0.717) is 5.95 Å². The highest BCUT2D eigenvalue weighted by molar-refractivity contribution is 5.91. The predicted octanol–water partition coefficient (Wildman–Crippen LogP) is 4.88. The minimum Gasteiger partial charge on any atom is -0.469 e. The van der Waals surface area contributed by atoms with E-state index >= 15 is 0 Å². The van der Waals surface area contributed by atoms with Crippen LogP contribution in [0.3, 0.4) is 0 Å². The summed E-state index contributed by atoms with van der Waals surface area (Å²) < 4.78 is 11.3. The largest absolute Gasteiger partial charge is 0.469 e. The summed E-state index contributed by atoms with van der Waals surface area (Å²) in [6.45, 7) is 6.10. The molecule has 0 N–H and O–H groups in total. The number of aromatic nitrogens is 2. The first-order valence-electron chi connectivity index (χ1n) is 10.2. The number of ether oxygens (including phenoxy) is 2. The summed E-state index contributed by atoms with van der Waals surface area (Å²) >= 11 is 0. The number of esters is 1. The third-order valence-electron chi connectivity index (χ3n) is 5.22. The number of rotatable bonds is 6. The van der Waals surface area contributed by atoms with Crippen molar-refractivity contribution in [2.45, 2.75) is 39.3 Å². The number of para-hydroxylation sites is 1. The number of anilines is 2. The Morgan fingerprint density at radius 2 is 1.90 bits per heavy atom. The number of hydrogen-bond donors (Lipinski definition) is 0. The Balaban J connectivity index is 1.72. The van der Waals surface area contributed by atoms with E-state index in [1.54, 1.807) is 6.92 Å². The minimum absolute atomic E-state index is 0.204. The molecular weight excluding hydrogens is 378 g/mol. The topological polar surface area (TPSA) is 64.5 Å². The van der Waals surface area contributed by atoms with Crippen LogP contribution in [0.4, 0.5) is 11.6 Å². The Morgan fingerprint density at radius 1 is 1.17 bits per heavy atom. The van der Waals surface area contributed by atoms with Crippen molar-refractivity contribution >= 4 is 17.6 Å². The molecule has 6 nitrogen and oxygen atoms in total. The molecule has 0 saturated carbocycles. The van der Waals surface area contributed by atoms with Crippen molar-refractivity contribution < 1.29 is 14.3 Å². The molecule has 1 aromatic heterocycles. The first kappa shape index (κ1) is 19.9. The molecule has 0 spiro atoms. The second kappa shape index (κ2) is 8.53. The summed E-state index contributed by atoms with van der Waals surface area (Å²) in [5.74, 6) is 0.247. The second-order valence-electron chi connectivity index (χ2n) is 7.33. The van der Waals surface area contributed by atoms with Crippen LogP contribution in [0.1, 0.15) is 48.4 Å². The van der Waals surface area contributed by atoms with Gasteiger partial charge in [-0.15, -0.1) is 0 Å². The predicted molar refractivity (Wildman–Crippen MR) is 115 cm³/mol. The molecule has 0 bridgehead atoms. The van der Waals surface area contributed by atoms with Gasteiger partial charge in [0.25, 0.3) is 0 Å². The molecule has 0 saturated heterocycles. The molecule has 2 aromatic carbocycles. The third kappa shape index (κ3) is 3.85. The molecule has 2 heterocycles. The van der Waals surface area contributed by atoms with Gasteiger partial charge in [0.1, 0.15) is 11.7 Å². The fourth-order valence-electron chi connectivity index (χ4n) is 3.74. The van der Waals surface area contributed by atoms with Crippen LogP contribution in [0.15, 0.2) is 60.8 Å². The van der Waals surface area contributed by atoms with Crippen molar-refractivity contribution in [3.63, 3.8) is 0 Å². The zero-order valence-corrected chi connectivity index (χ0v) is 17.4. The maximum Gasteiger partial charge on any atom is 0.345 e. The van der Waals surface area contributed by atoms with Gasteiger partial charge in [0.15, 0.2) is 0 Å². The van der Waals surface area contributed by atoms with E-state index in [-0.39, 0.29) is 30.2 Å². The summed E-state index contributed by atoms with van der Waals surface area (Å²) in [5.41, 5.74) is 3.55. The number of fused-ring (bicyclic) bond motifs is 1. The van der Waals surface area contributed by atoms with Gasteiger partial charge in [0.2, 0.25) is 11.8 Å². The molecule has 1 aliphatic rings. The van der Waals surface area contributed by atoms with Crippen molar-refractivity contribution in [2.75, 3.05) is 11.5 Å². The van der Waals surface area contributed by atoms with Gasteiger partial charge in [-0.1, -0.05) is 48.5 Å². The smallest absolute Gasteiger partial charge is 0.345 e. The van der Waals surface area contributed by atoms with Crippen LogP contribution in [0.5, 0.6) is 5.88 Å². The third-order valence-corrected chi connectivity index (χ3v) is 5.22. The molecule has 2 unspecified atom stereocenters. The number of carbonyl (C=O) groups is 1. The average molecular weight is 403 g/mol. The molecule has 30 heavy (non-hydrogen) atoms. The Morgan fingerprint density at radius 3 is 2.67 bits per heavy atom. The Kier molecular flexibility index (Phi) is 5.65. The van der Waals surface area contributed by atoms with Crippen LogP contribution in [0.25, 0.3) is 0 Å². The zero-order valence-electron chi connectivity index (χ0n) is 17.4. The van der Waals surface area contributed by atoms with Crippen molar-refractivity contribution in [3.05, 3.63) is 77.5 Å². The number of hydrogen-bond acceptors (Lipinski definition) is 6. The lowest BCUT2D eigenvalue weighted by atomic mass is 10.1. The van der Waals surface area contributed by atoms with E-state index in [1.165, 1.54) is 11.8 Å². The highest BCUT2D eigenvalue weighted by atomic mass is 16.5. The maximum atomic E-state index is 12.5. The van der Waals surface area contributed by atoms with Crippen LogP contribution in [-0.2, 0) is 11.2 Å². The van der Waals surface area contributed by atoms with E-state index in [4.69, 9.17) is 9.47 Å². The van der Waals surface area contributed by atoms with Crippen LogP contribution >= 0.6 is 0 Å². The molecule has 3 aromatic rings. The summed E-state index contributed by atoms with van der Waals surface area (Å²) in [7, 11) is 0. The van der Waals surface area contributed by atoms with Gasteiger partial charge in [-0.2, -0.15) is 4.98 Å². The highest BCUT2D eigenvalue weighted by Gasteiger charge is 2.30. The minimum atomic E-state index is -0.491. The van der Waals surface area contributed by atoms with Gasteiger partial charge in [-0.3, -0.25) is 0 Å². The summed E-state index contributed by atoms with van der Waals surface area (Å²) in [4.78, 5) is 23.7. The van der Waals surface area contributed by atoms with Crippen molar-refractivity contribution in [1.29, 1.82) is 0 Å². The molecule has 1 aliphatic heterocycles. The first-order chi connectivity index (χ1) is 14.6. The highest BCUT2D eigenvalue weighted by Crippen LogP contribution is 2.37. The fraction of sp³-hybridized carbons (Fsp3) is 0.292. The molecular formula is C24H25N3O3. The standard InChI is InChI=1S/C24H25N3O3/c1-4-29-23(28)20-15-25-24(27-16(2)14-19-12-8-9-13-21(19)27)26-22(20)30-17(3)18-10-6-5-7-11-18/h5-13,15-17H,4,14H2,1-3H3. The van der Waals surface area contributed by atoms with E-state index in [2.05, 4.69) is 33.9 Å². The van der Waals surface area contributed by atoms with E-state index in [0.717, 1.165) is 17.7 Å². The molecule has 154 valence electrons. The maximum absolute atomic E-state index is 12.5. The van der Waals surface area contributed by atoms with Crippen LogP contribution in [0, 0.1) is 0 Å². The fourth-order valence-corrected chi connectivity index (χ4v) is 3.74. The van der Waals surface area contributed by atoms with Gasteiger partial charge < -0.3 is 14.4 Å². The summed E-state index contributed by atoms with van der Waals surface area (Å²) in [6.07, 6.45) is 2.13. The number of nitrogens with zero attached hydrogens (tertiary/aromatic N) is 3. The van der Waals surface area contributed by atoms with Crippen LogP contribution < -0.4 is 9.64 Å². The monoisotopic (exact) mass is 403 g/mol. The van der Waals surface area contributed by atoms with Gasteiger partial charge in [0, 0.05) is 11.7 Å². The molecule has 0 aliphatic carbocycles. The quantitative estimate of drug-likeness (QED) is 0.547. The molecule has 0 amide bonds. The first-order valence-corrected chi connectivity index (χ1v) is 10.2. The van der Waals surface area contributed by atoms with Gasteiger partial charge in [-0.05, 0) is 44.4 Å². The lowest BCUT2D eigenvalue weighted by Crippen LogP contribution is -2.26. The zero-order chi connectivity index (χ0) is 21.1. The molecule has 6 heteroatoms.